The molecule has 1 aromatic heterocycles. The molecule has 236 valence electrons. The molecule has 0 fully saturated rings. The van der Waals surface area contributed by atoms with Crippen molar-refractivity contribution in [3.8, 4) is 33.4 Å². The summed E-state index contributed by atoms with van der Waals surface area (Å²) in [6, 6.07) is 51.0. The van der Waals surface area contributed by atoms with Gasteiger partial charge in [0, 0.05) is 10.8 Å². The molecule has 11 aromatic rings. The first-order chi connectivity index (χ1) is 27.4. The van der Waals surface area contributed by atoms with Crippen LogP contribution in [0.2, 0.25) is 0 Å². The normalized spacial score (nSPS) is 13.3. The standard InChI is InChI=1S/C50H30O/c1-2-13-31(14-3-1)36-28-29-42(41-27-25-32-15-4-6-17-34(32)46(36)41)47-37-19-8-10-21-39(37)48(40-22-11-9-20-38(40)47)43-23-12-24-44-50(43)49-35-18-7-5-16-33(35)26-30-45(49)51-44/h1-30H/i1D,2D,3D,13D,14D. The molecule has 10 aromatic carbocycles. The Kier molecular flexibility index (Phi) is 5.05. The summed E-state index contributed by atoms with van der Waals surface area (Å²) in [6.45, 7) is 0. The van der Waals surface area contributed by atoms with Crippen molar-refractivity contribution >= 4 is 75.8 Å². The van der Waals surface area contributed by atoms with E-state index in [4.69, 9.17) is 11.3 Å². The van der Waals surface area contributed by atoms with Gasteiger partial charge in [0.25, 0.3) is 0 Å². The fourth-order valence-corrected chi connectivity index (χ4v) is 8.44. The molecular formula is C50H30O. The Balaban J connectivity index is 1.28. The summed E-state index contributed by atoms with van der Waals surface area (Å²) >= 11 is 0. The van der Waals surface area contributed by atoms with Gasteiger partial charge < -0.3 is 4.42 Å². The van der Waals surface area contributed by atoms with Crippen molar-refractivity contribution in [3.63, 3.8) is 0 Å². The molecule has 51 heavy (non-hydrogen) atoms. The van der Waals surface area contributed by atoms with Gasteiger partial charge in [-0.2, -0.15) is 0 Å². The third-order valence-corrected chi connectivity index (χ3v) is 10.5. The largest absolute Gasteiger partial charge is 0.456 e. The summed E-state index contributed by atoms with van der Waals surface area (Å²) in [4.78, 5) is 0. The molecule has 0 saturated carbocycles. The Hall–Kier alpha value is -6.70. The lowest BCUT2D eigenvalue weighted by Gasteiger charge is -2.20. The van der Waals surface area contributed by atoms with Gasteiger partial charge in [0.2, 0.25) is 0 Å². The second kappa shape index (κ2) is 10.9. The minimum absolute atomic E-state index is 0.196. The van der Waals surface area contributed by atoms with E-state index in [0.29, 0.717) is 5.56 Å². The zero-order valence-electron chi connectivity index (χ0n) is 32.3. The molecule has 1 heteroatoms. The summed E-state index contributed by atoms with van der Waals surface area (Å²) in [5, 5.41) is 12.6. The predicted octanol–water partition coefficient (Wildman–Crippen LogP) is 14.4. The number of hydrogen-bond acceptors (Lipinski definition) is 1. The minimum atomic E-state index is -0.403. The van der Waals surface area contributed by atoms with Gasteiger partial charge in [-0.25, -0.2) is 0 Å². The Labute approximate surface area is 301 Å². The van der Waals surface area contributed by atoms with Crippen LogP contribution < -0.4 is 0 Å². The number of rotatable bonds is 3. The van der Waals surface area contributed by atoms with E-state index in [9.17, 15) is 0 Å². The molecule has 0 aliphatic heterocycles. The molecule has 0 bridgehead atoms. The molecular weight excluding hydrogens is 617 g/mol. The molecule has 0 radical (unpaired) electrons. The van der Waals surface area contributed by atoms with E-state index in [1.165, 1.54) is 0 Å². The van der Waals surface area contributed by atoms with Gasteiger partial charge in [0.1, 0.15) is 11.2 Å². The maximum atomic E-state index is 8.96. The topological polar surface area (TPSA) is 13.1 Å². The smallest absolute Gasteiger partial charge is 0.136 e. The first-order valence-corrected chi connectivity index (χ1v) is 17.2. The van der Waals surface area contributed by atoms with Gasteiger partial charge in [0.15, 0.2) is 0 Å². The average molecular weight is 652 g/mol. The van der Waals surface area contributed by atoms with E-state index in [1.807, 2.05) is 18.2 Å². The van der Waals surface area contributed by atoms with Gasteiger partial charge in [0.05, 0.1) is 6.85 Å². The Bertz CT molecular complexity index is 3400. The van der Waals surface area contributed by atoms with Crippen LogP contribution in [0.4, 0.5) is 0 Å². The molecule has 11 rings (SSSR count). The number of benzene rings is 10. The highest BCUT2D eigenvalue weighted by Crippen LogP contribution is 2.49. The van der Waals surface area contributed by atoms with Crippen LogP contribution in [-0.2, 0) is 0 Å². The van der Waals surface area contributed by atoms with E-state index < -0.39 is 6.04 Å². The van der Waals surface area contributed by atoms with Crippen molar-refractivity contribution in [2.45, 2.75) is 0 Å². The SMILES string of the molecule is [2H]c1c([2H])c([2H])c(-c2ccc(-c3c4ccccc4c(-c4cccc5oc6ccc7ccccc7c6c45)c4ccccc34)c3ccc4ccccc4c23)c([2H])c1[2H]. The average Bonchev–Trinajstić information content (AvgIpc) is 3.64. The Morgan fingerprint density at radius 1 is 0.333 bits per heavy atom. The van der Waals surface area contributed by atoms with E-state index in [1.54, 1.807) is 0 Å². The molecule has 0 N–H and O–H groups in total. The van der Waals surface area contributed by atoms with Gasteiger partial charge >= 0.3 is 0 Å². The first-order valence-electron chi connectivity index (χ1n) is 19.7. The lowest BCUT2D eigenvalue weighted by Crippen LogP contribution is -1.93. The molecule has 1 heterocycles. The molecule has 0 aliphatic rings. The van der Waals surface area contributed by atoms with Crippen LogP contribution >= 0.6 is 0 Å². The Morgan fingerprint density at radius 3 is 1.53 bits per heavy atom. The van der Waals surface area contributed by atoms with Crippen molar-refractivity contribution < 1.29 is 11.3 Å². The summed E-state index contributed by atoms with van der Waals surface area (Å²) < 4.78 is 49.8. The fraction of sp³-hybridized carbons (Fsp3) is 0. The summed E-state index contributed by atoms with van der Waals surface area (Å²) in [5.74, 6) is 0. The minimum Gasteiger partial charge on any atom is -0.456 e. The molecule has 1 nitrogen and oxygen atoms in total. The van der Waals surface area contributed by atoms with E-state index in [-0.39, 0.29) is 29.7 Å². The summed E-state index contributed by atoms with van der Waals surface area (Å²) in [7, 11) is 0. The van der Waals surface area contributed by atoms with Crippen LogP contribution in [0.1, 0.15) is 6.85 Å². The van der Waals surface area contributed by atoms with E-state index in [0.717, 1.165) is 98.1 Å². The summed E-state index contributed by atoms with van der Waals surface area (Å²) in [5.41, 5.74) is 6.80. The van der Waals surface area contributed by atoms with E-state index in [2.05, 4.69) is 133 Å². The highest BCUT2D eigenvalue weighted by atomic mass is 16.3. The summed E-state index contributed by atoms with van der Waals surface area (Å²) in [6.07, 6.45) is 0. The zero-order chi connectivity index (χ0) is 37.8. The van der Waals surface area contributed by atoms with Crippen molar-refractivity contribution in [1.82, 2.24) is 0 Å². The zero-order valence-corrected chi connectivity index (χ0v) is 27.3. The highest BCUT2D eigenvalue weighted by molar-refractivity contribution is 6.30. The van der Waals surface area contributed by atoms with Crippen LogP contribution in [0.5, 0.6) is 0 Å². The molecule has 0 atom stereocenters. The predicted molar refractivity (Wildman–Crippen MR) is 218 cm³/mol. The lowest BCUT2D eigenvalue weighted by atomic mass is 9.82. The maximum Gasteiger partial charge on any atom is 0.136 e. The lowest BCUT2D eigenvalue weighted by molar-refractivity contribution is 0.669. The number of hydrogen-bond donors (Lipinski definition) is 0. The maximum absolute atomic E-state index is 8.96. The molecule has 0 unspecified atom stereocenters. The van der Waals surface area contributed by atoms with Crippen molar-refractivity contribution in [2.24, 2.45) is 0 Å². The van der Waals surface area contributed by atoms with Crippen LogP contribution in [0.3, 0.4) is 0 Å². The Morgan fingerprint density at radius 2 is 0.863 bits per heavy atom. The van der Waals surface area contributed by atoms with Gasteiger partial charge in [-0.3, -0.25) is 0 Å². The van der Waals surface area contributed by atoms with Crippen molar-refractivity contribution in [1.29, 1.82) is 0 Å². The van der Waals surface area contributed by atoms with E-state index >= 15 is 0 Å². The third-order valence-electron chi connectivity index (χ3n) is 10.5. The monoisotopic (exact) mass is 651 g/mol. The number of fused-ring (bicyclic) bond motifs is 10. The fourth-order valence-electron chi connectivity index (χ4n) is 8.44. The highest BCUT2D eigenvalue weighted by Gasteiger charge is 2.22. The molecule has 0 amide bonds. The van der Waals surface area contributed by atoms with Gasteiger partial charge in [-0.1, -0.05) is 170 Å². The van der Waals surface area contributed by atoms with Crippen molar-refractivity contribution in [3.05, 3.63) is 182 Å². The van der Waals surface area contributed by atoms with Gasteiger partial charge in [-0.15, -0.1) is 0 Å². The van der Waals surface area contributed by atoms with Crippen molar-refractivity contribution in [2.75, 3.05) is 0 Å². The number of furan rings is 1. The van der Waals surface area contributed by atoms with Crippen LogP contribution in [0.15, 0.2) is 186 Å². The second-order valence-corrected chi connectivity index (χ2v) is 13.2. The quantitative estimate of drug-likeness (QED) is 0.137. The van der Waals surface area contributed by atoms with Crippen LogP contribution in [-0.4, -0.2) is 0 Å². The first kappa shape index (κ1) is 23.6. The van der Waals surface area contributed by atoms with Crippen LogP contribution in [0, 0.1) is 0 Å². The van der Waals surface area contributed by atoms with Gasteiger partial charge in [-0.05, 0) is 99.4 Å². The molecule has 0 saturated heterocycles. The molecule has 0 spiro atoms. The second-order valence-electron chi connectivity index (χ2n) is 13.2. The molecule has 0 aliphatic carbocycles. The van der Waals surface area contributed by atoms with Crippen LogP contribution in [0.25, 0.3) is 109 Å². The third kappa shape index (κ3) is 4.09.